The lowest BCUT2D eigenvalue weighted by Crippen LogP contribution is -2.28. The van der Waals surface area contributed by atoms with Gasteiger partial charge in [-0.2, -0.15) is 5.26 Å². The van der Waals surface area contributed by atoms with E-state index >= 15 is 0 Å². The molecular weight excluding hydrogens is 269 g/mol. The summed E-state index contributed by atoms with van der Waals surface area (Å²) < 4.78 is 0. The van der Waals surface area contributed by atoms with Crippen LogP contribution in [0.5, 0.6) is 0 Å². The molecule has 0 fully saturated rings. The summed E-state index contributed by atoms with van der Waals surface area (Å²) in [4.78, 5) is 12.3. The van der Waals surface area contributed by atoms with Gasteiger partial charge in [0.25, 0.3) is 0 Å². The van der Waals surface area contributed by atoms with Crippen LogP contribution in [0.2, 0.25) is 10.0 Å². The molecule has 0 radical (unpaired) electrons. The van der Waals surface area contributed by atoms with Crippen molar-refractivity contribution in [3.05, 3.63) is 33.8 Å². The predicted molar refractivity (Wildman–Crippen MR) is 73.9 cm³/mol. The zero-order valence-electron chi connectivity index (χ0n) is 10.6. The molecule has 0 bridgehead atoms. The van der Waals surface area contributed by atoms with Gasteiger partial charge in [-0.1, -0.05) is 50.0 Å². The monoisotopic (exact) mass is 283 g/mol. The van der Waals surface area contributed by atoms with Gasteiger partial charge in [-0.15, -0.1) is 0 Å². The third-order valence-corrected chi connectivity index (χ3v) is 3.96. The van der Waals surface area contributed by atoms with Crippen LogP contribution in [0.3, 0.4) is 0 Å². The Morgan fingerprint density at radius 2 is 2.00 bits per heavy atom. The molecule has 96 valence electrons. The van der Waals surface area contributed by atoms with Gasteiger partial charge in [0.1, 0.15) is 5.92 Å². The Hall–Kier alpha value is -1.04. The van der Waals surface area contributed by atoms with Crippen LogP contribution in [0.25, 0.3) is 0 Å². The minimum atomic E-state index is -0.797. The molecule has 0 aromatic heterocycles. The zero-order chi connectivity index (χ0) is 13.9. The number of benzene rings is 1. The summed E-state index contributed by atoms with van der Waals surface area (Å²) in [7, 11) is 0. The minimum absolute atomic E-state index is 0.0918. The Kier molecular flexibility index (Phi) is 4.78. The van der Waals surface area contributed by atoms with Crippen LogP contribution in [0.4, 0.5) is 0 Å². The van der Waals surface area contributed by atoms with Crippen molar-refractivity contribution in [1.82, 2.24) is 0 Å². The van der Waals surface area contributed by atoms with Crippen molar-refractivity contribution in [3.8, 4) is 6.07 Å². The van der Waals surface area contributed by atoms with Gasteiger partial charge in [0.05, 0.1) is 16.1 Å². The molecule has 0 saturated heterocycles. The first-order chi connectivity index (χ1) is 8.33. The fraction of sp³-hybridized carbons (Fsp3) is 0.429. The normalized spacial score (nSPS) is 12.9. The Balaban J connectivity index is 3.15. The van der Waals surface area contributed by atoms with Gasteiger partial charge in [0.15, 0.2) is 5.78 Å². The standard InChI is InChI=1S/C14H15Cl2NO/c1-4-14(2,3)13(18)10(8-17)9-5-6-11(15)12(16)7-9/h5-7,10H,4H2,1-3H3. The number of Topliss-reactive ketones (excluding diaryl/α,β-unsaturated/α-hetero) is 1. The molecule has 0 heterocycles. The maximum Gasteiger partial charge on any atom is 0.160 e. The lowest BCUT2D eigenvalue weighted by atomic mass is 9.77. The van der Waals surface area contributed by atoms with E-state index in [1.54, 1.807) is 18.2 Å². The fourth-order valence-electron chi connectivity index (χ4n) is 1.54. The van der Waals surface area contributed by atoms with Crippen molar-refractivity contribution < 1.29 is 4.79 Å². The summed E-state index contributed by atoms with van der Waals surface area (Å²) in [6, 6.07) is 6.92. The van der Waals surface area contributed by atoms with Crippen LogP contribution in [0, 0.1) is 16.7 Å². The van der Waals surface area contributed by atoms with Crippen LogP contribution >= 0.6 is 23.2 Å². The van der Waals surface area contributed by atoms with E-state index in [0.29, 0.717) is 22.0 Å². The van der Waals surface area contributed by atoms with E-state index in [9.17, 15) is 10.1 Å². The van der Waals surface area contributed by atoms with Gasteiger partial charge in [0, 0.05) is 5.41 Å². The summed E-state index contributed by atoms with van der Waals surface area (Å²) in [6.45, 7) is 5.62. The van der Waals surface area contributed by atoms with Crippen molar-refractivity contribution >= 4 is 29.0 Å². The van der Waals surface area contributed by atoms with Crippen molar-refractivity contribution in [2.75, 3.05) is 0 Å². The molecule has 0 spiro atoms. The number of hydrogen-bond donors (Lipinski definition) is 0. The highest BCUT2D eigenvalue weighted by molar-refractivity contribution is 6.42. The molecular formula is C14H15Cl2NO. The summed E-state index contributed by atoms with van der Waals surface area (Å²) in [5, 5.41) is 10.00. The first kappa shape index (κ1) is 15.0. The number of nitriles is 1. The number of hydrogen-bond acceptors (Lipinski definition) is 2. The van der Waals surface area contributed by atoms with Crippen molar-refractivity contribution in [2.45, 2.75) is 33.1 Å². The molecule has 0 aliphatic carbocycles. The quantitative estimate of drug-likeness (QED) is 0.810. The second-order valence-electron chi connectivity index (χ2n) is 4.84. The Bertz CT molecular complexity index is 503. The van der Waals surface area contributed by atoms with Crippen LogP contribution < -0.4 is 0 Å². The average molecular weight is 284 g/mol. The third-order valence-electron chi connectivity index (χ3n) is 3.22. The summed E-state index contributed by atoms with van der Waals surface area (Å²) in [5.41, 5.74) is 0.0744. The smallest absolute Gasteiger partial charge is 0.160 e. The highest BCUT2D eigenvalue weighted by Gasteiger charge is 2.33. The van der Waals surface area contributed by atoms with E-state index in [1.807, 2.05) is 20.8 Å². The van der Waals surface area contributed by atoms with E-state index in [0.717, 1.165) is 0 Å². The SMILES string of the molecule is CCC(C)(C)C(=O)C(C#N)c1ccc(Cl)c(Cl)c1. The van der Waals surface area contributed by atoms with Crippen molar-refractivity contribution in [3.63, 3.8) is 0 Å². The van der Waals surface area contributed by atoms with Gasteiger partial charge < -0.3 is 0 Å². The number of carbonyl (C=O) groups excluding carboxylic acids is 1. The molecule has 4 heteroatoms. The highest BCUT2D eigenvalue weighted by Crippen LogP contribution is 2.32. The average Bonchev–Trinajstić information content (AvgIpc) is 2.34. The first-order valence-corrected chi connectivity index (χ1v) is 6.48. The highest BCUT2D eigenvalue weighted by atomic mass is 35.5. The van der Waals surface area contributed by atoms with Gasteiger partial charge >= 0.3 is 0 Å². The number of ketones is 1. The zero-order valence-corrected chi connectivity index (χ0v) is 12.1. The maximum absolute atomic E-state index is 12.3. The molecule has 1 aromatic rings. The number of nitrogens with zero attached hydrogens (tertiary/aromatic N) is 1. The number of rotatable bonds is 4. The molecule has 1 unspecified atom stereocenters. The molecule has 0 saturated carbocycles. The van der Waals surface area contributed by atoms with Crippen LogP contribution in [0.1, 0.15) is 38.7 Å². The van der Waals surface area contributed by atoms with Gasteiger partial charge in [-0.3, -0.25) is 4.79 Å². The molecule has 1 rings (SSSR count). The molecule has 0 aliphatic rings. The minimum Gasteiger partial charge on any atom is -0.297 e. The third kappa shape index (κ3) is 3.04. The summed E-state index contributed by atoms with van der Waals surface area (Å²) >= 11 is 11.7. The van der Waals surface area contributed by atoms with E-state index in [-0.39, 0.29) is 5.78 Å². The summed E-state index contributed by atoms with van der Waals surface area (Å²) in [6.07, 6.45) is 0.686. The predicted octanol–water partition coefficient (Wildman–Crippen LogP) is 4.61. The molecule has 18 heavy (non-hydrogen) atoms. The van der Waals surface area contributed by atoms with E-state index < -0.39 is 11.3 Å². The van der Waals surface area contributed by atoms with Crippen molar-refractivity contribution in [2.24, 2.45) is 5.41 Å². The largest absolute Gasteiger partial charge is 0.297 e. The Morgan fingerprint density at radius 3 is 2.44 bits per heavy atom. The van der Waals surface area contributed by atoms with Gasteiger partial charge in [-0.25, -0.2) is 0 Å². The van der Waals surface area contributed by atoms with E-state index in [4.69, 9.17) is 23.2 Å². The van der Waals surface area contributed by atoms with Crippen LogP contribution in [-0.4, -0.2) is 5.78 Å². The maximum atomic E-state index is 12.3. The number of carbonyl (C=O) groups is 1. The molecule has 0 amide bonds. The first-order valence-electron chi connectivity index (χ1n) is 5.72. The number of halogens is 2. The Labute approximate surface area is 118 Å². The topological polar surface area (TPSA) is 40.9 Å². The fourth-order valence-corrected chi connectivity index (χ4v) is 1.85. The van der Waals surface area contributed by atoms with E-state index in [2.05, 4.69) is 6.07 Å². The second kappa shape index (κ2) is 5.73. The van der Waals surface area contributed by atoms with Crippen LogP contribution in [0.15, 0.2) is 18.2 Å². The second-order valence-corrected chi connectivity index (χ2v) is 5.65. The molecule has 2 nitrogen and oxygen atoms in total. The van der Waals surface area contributed by atoms with Gasteiger partial charge in [-0.05, 0) is 24.1 Å². The lowest BCUT2D eigenvalue weighted by Gasteiger charge is -2.24. The lowest BCUT2D eigenvalue weighted by molar-refractivity contribution is -0.127. The molecule has 0 aliphatic heterocycles. The molecule has 0 N–H and O–H groups in total. The van der Waals surface area contributed by atoms with Gasteiger partial charge in [0.2, 0.25) is 0 Å². The van der Waals surface area contributed by atoms with Crippen molar-refractivity contribution in [1.29, 1.82) is 5.26 Å². The molecule has 1 aromatic carbocycles. The van der Waals surface area contributed by atoms with E-state index in [1.165, 1.54) is 0 Å². The summed E-state index contributed by atoms with van der Waals surface area (Å²) in [5.74, 6) is -0.888. The van der Waals surface area contributed by atoms with Crippen LogP contribution in [-0.2, 0) is 4.79 Å². The molecule has 1 atom stereocenters. The Morgan fingerprint density at radius 1 is 1.39 bits per heavy atom.